The van der Waals surface area contributed by atoms with E-state index >= 15 is 0 Å². The lowest BCUT2D eigenvalue weighted by Crippen LogP contribution is -2.45. The Hall–Kier alpha value is -1.15. The van der Waals surface area contributed by atoms with Crippen molar-refractivity contribution in [1.29, 1.82) is 0 Å². The van der Waals surface area contributed by atoms with Gasteiger partial charge in [-0.15, -0.1) is 0 Å². The Labute approximate surface area is 110 Å². The van der Waals surface area contributed by atoms with Crippen molar-refractivity contribution in [3.8, 4) is 0 Å². The zero-order valence-corrected chi connectivity index (χ0v) is 11.5. The van der Waals surface area contributed by atoms with Crippen LogP contribution in [0.3, 0.4) is 0 Å². The molecule has 0 amide bonds. The van der Waals surface area contributed by atoms with Gasteiger partial charge in [-0.1, -0.05) is 38.1 Å². The Morgan fingerprint density at radius 1 is 1.17 bits per heavy atom. The van der Waals surface area contributed by atoms with Crippen LogP contribution < -0.4 is 5.32 Å². The van der Waals surface area contributed by atoms with Crippen LogP contribution in [0.1, 0.15) is 44.2 Å². The summed E-state index contributed by atoms with van der Waals surface area (Å²) in [5.41, 5.74) is 2.33. The van der Waals surface area contributed by atoms with E-state index in [9.17, 15) is 4.79 Å². The van der Waals surface area contributed by atoms with Gasteiger partial charge in [0, 0.05) is 6.42 Å². The molecule has 0 saturated carbocycles. The van der Waals surface area contributed by atoms with Crippen molar-refractivity contribution in [2.75, 3.05) is 13.1 Å². The summed E-state index contributed by atoms with van der Waals surface area (Å²) in [6.45, 7) is 6.03. The maximum Gasteiger partial charge on any atom is 0.143 e. The van der Waals surface area contributed by atoms with Gasteiger partial charge in [0.05, 0.1) is 5.41 Å². The van der Waals surface area contributed by atoms with Crippen LogP contribution in [0.5, 0.6) is 0 Å². The van der Waals surface area contributed by atoms with Crippen LogP contribution in [0.15, 0.2) is 24.3 Å². The number of aryl methyl sites for hydroxylation is 1. The van der Waals surface area contributed by atoms with E-state index < -0.39 is 0 Å². The highest BCUT2D eigenvalue weighted by atomic mass is 16.1. The van der Waals surface area contributed by atoms with Crippen molar-refractivity contribution < 1.29 is 4.79 Å². The minimum absolute atomic E-state index is 0.230. The molecule has 0 spiro atoms. The molecule has 0 aromatic heterocycles. The third kappa shape index (κ3) is 2.35. The van der Waals surface area contributed by atoms with Crippen molar-refractivity contribution in [3.05, 3.63) is 35.4 Å². The van der Waals surface area contributed by atoms with Gasteiger partial charge in [-0.05, 0) is 43.5 Å². The fourth-order valence-corrected chi connectivity index (χ4v) is 2.98. The van der Waals surface area contributed by atoms with E-state index in [-0.39, 0.29) is 5.41 Å². The number of rotatable bonds is 4. The number of benzene rings is 1. The van der Waals surface area contributed by atoms with Crippen LogP contribution in [0, 0.1) is 0 Å². The van der Waals surface area contributed by atoms with Crippen LogP contribution in [-0.2, 0) is 16.6 Å². The van der Waals surface area contributed by atoms with Crippen molar-refractivity contribution in [3.63, 3.8) is 0 Å². The molecule has 2 nitrogen and oxygen atoms in total. The van der Waals surface area contributed by atoms with E-state index in [2.05, 4.69) is 36.5 Å². The molecular weight excluding hydrogens is 222 g/mol. The minimum Gasteiger partial charge on any atom is -0.317 e. The maximum atomic E-state index is 12.4. The molecule has 2 heteroatoms. The summed E-state index contributed by atoms with van der Waals surface area (Å²) in [5, 5.41) is 3.36. The van der Waals surface area contributed by atoms with Crippen molar-refractivity contribution in [1.82, 2.24) is 5.32 Å². The average Bonchev–Trinajstić information content (AvgIpc) is 2.47. The highest BCUT2D eigenvalue weighted by Crippen LogP contribution is 2.35. The second-order valence-electron chi connectivity index (χ2n) is 5.16. The Balaban J connectivity index is 2.35. The van der Waals surface area contributed by atoms with Gasteiger partial charge in [-0.25, -0.2) is 0 Å². The van der Waals surface area contributed by atoms with E-state index in [1.165, 1.54) is 11.1 Å². The number of hydrogen-bond acceptors (Lipinski definition) is 2. The molecule has 1 N–H and O–H groups in total. The number of ketones is 1. The SMILES string of the molecule is CCC(=O)C1(c2ccc(CC)cc2)CCNCC1. The molecular formula is C16H23NO. The monoisotopic (exact) mass is 245 g/mol. The molecule has 0 atom stereocenters. The predicted octanol–water partition coefficient (Wildman–Crippen LogP) is 2.85. The van der Waals surface area contributed by atoms with Crippen LogP contribution in [0.2, 0.25) is 0 Å². The second-order valence-corrected chi connectivity index (χ2v) is 5.16. The van der Waals surface area contributed by atoms with Crippen LogP contribution in [0.4, 0.5) is 0 Å². The largest absolute Gasteiger partial charge is 0.317 e. The van der Waals surface area contributed by atoms with Gasteiger partial charge in [-0.3, -0.25) is 4.79 Å². The van der Waals surface area contributed by atoms with Crippen molar-refractivity contribution in [2.45, 2.75) is 44.9 Å². The highest BCUT2D eigenvalue weighted by Gasteiger charge is 2.39. The zero-order valence-electron chi connectivity index (χ0n) is 11.5. The number of nitrogens with one attached hydrogen (secondary N) is 1. The fourth-order valence-electron chi connectivity index (χ4n) is 2.98. The second kappa shape index (κ2) is 5.66. The van der Waals surface area contributed by atoms with E-state index in [0.717, 1.165) is 32.4 Å². The molecule has 1 fully saturated rings. The smallest absolute Gasteiger partial charge is 0.143 e. The van der Waals surface area contributed by atoms with E-state index in [4.69, 9.17) is 0 Å². The quantitative estimate of drug-likeness (QED) is 0.883. The number of hydrogen-bond donors (Lipinski definition) is 1. The topological polar surface area (TPSA) is 29.1 Å². The molecule has 18 heavy (non-hydrogen) atoms. The summed E-state index contributed by atoms with van der Waals surface area (Å²) in [4.78, 5) is 12.4. The molecule has 1 aromatic rings. The predicted molar refractivity (Wildman–Crippen MR) is 74.9 cm³/mol. The summed E-state index contributed by atoms with van der Waals surface area (Å²) in [5.74, 6) is 0.397. The minimum atomic E-state index is -0.230. The van der Waals surface area contributed by atoms with Crippen molar-refractivity contribution >= 4 is 5.78 Å². The summed E-state index contributed by atoms with van der Waals surface area (Å²) >= 11 is 0. The standard InChI is InChI=1S/C16H23NO/c1-3-13-5-7-14(8-6-13)16(15(18)4-2)9-11-17-12-10-16/h5-8,17H,3-4,9-12H2,1-2H3. The number of carbonyl (C=O) groups is 1. The Morgan fingerprint density at radius 2 is 1.78 bits per heavy atom. The lowest BCUT2D eigenvalue weighted by molar-refractivity contribution is -0.125. The first kappa shape index (κ1) is 13.3. The summed E-state index contributed by atoms with van der Waals surface area (Å²) < 4.78 is 0. The van der Waals surface area contributed by atoms with Gasteiger partial charge in [0.25, 0.3) is 0 Å². The van der Waals surface area contributed by atoms with Gasteiger partial charge < -0.3 is 5.32 Å². The summed E-state index contributed by atoms with van der Waals surface area (Å²) in [7, 11) is 0. The fraction of sp³-hybridized carbons (Fsp3) is 0.562. The lowest BCUT2D eigenvalue weighted by atomic mass is 9.69. The van der Waals surface area contributed by atoms with E-state index in [0.29, 0.717) is 12.2 Å². The number of Topliss-reactive ketones (excluding diaryl/α,β-unsaturated/α-hetero) is 1. The van der Waals surface area contributed by atoms with Gasteiger partial charge in [0.1, 0.15) is 5.78 Å². The van der Waals surface area contributed by atoms with Crippen LogP contribution in [-0.4, -0.2) is 18.9 Å². The Morgan fingerprint density at radius 3 is 2.28 bits per heavy atom. The lowest BCUT2D eigenvalue weighted by Gasteiger charge is -2.36. The molecule has 0 unspecified atom stereocenters. The van der Waals surface area contributed by atoms with Crippen LogP contribution in [0.25, 0.3) is 0 Å². The third-order valence-electron chi connectivity index (χ3n) is 4.23. The third-order valence-corrected chi connectivity index (χ3v) is 4.23. The molecule has 0 radical (unpaired) electrons. The molecule has 1 heterocycles. The van der Waals surface area contributed by atoms with E-state index in [1.807, 2.05) is 6.92 Å². The van der Waals surface area contributed by atoms with E-state index in [1.54, 1.807) is 0 Å². The Kier molecular flexibility index (Phi) is 4.18. The first-order valence-electron chi connectivity index (χ1n) is 7.06. The van der Waals surface area contributed by atoms with Gasteiger partial charge >= 0.3 is 0 Å². The maximum absolute atomic E-state index is 12.4. The molecule has 2 rings (SSSR count). The summed E-state index contributed by atoms with van der Waals surface area (Å²) in [6.07, 6.45) is 3.56. The van der Waals surface area contributed by atoms with Crippen LogP contribution >= 0.6 is 0 Å². The molecule has 0 bridgehead atoms. The summed E-state index contributed by atoms with van der Waals surface area (Å²) in [6, 6.07) is 8.67. The molecule has 1 saturated heterocycles. The van der Waals surface area contributed by atoms with Gasteiger partial charge in [-0.2, -0.15) is 0 Å². The first-order chi connectivity index (χ1) is 8.73. The van der Waals surface area contributed by atoms with Gasteiger partial charge in [0.15, 0.2) is 0 Å². The molecule has 1 aliphatic rings. The first-order valence-corrected chi connectivity index (χ1v) is 7.06. The number of carbonyl (C=O) groups excluding carboxylic acids is 1. The molecule has 98 valence electrons. The molecule has 1 aliphatic heterocycles. The normalized spacial score (nSPS) is 18.6. The Bertz CT molecular complexity index is 402. The molecule has 1 aromatic carbocycles. The average molecular weight is 245 g/mol. The number of piperidine rings is 1. The highest BCUT2D eigenvalue weighted by molar-refractivity contribution is 5.90. The van der Waals surface area contributed by atoms with Gasteiger partial charge in [0.2, 0.25) is 0 Å². The van der Waals surface area contributed by atoms with Crippen molar-refractivity contribution in [2.24, 2.45) is 0 Å². The molecule has 0 aliphatic carbocycles. The zero-order chi connectivity index (χ0) is 13.0.